The average molecular weight is 468 g/mol. The van der Waals surface area contributed by atoms with Crippen molar-refractivity contribution in [3.8, 4) is 5.75 Å². The predicted molar refractivity (Wildman–Crippen MR) is 134 cm³/mol. The predicted octanol–water partition coefficient (Wildman–Crippen LogP) is 6.89. The molecule has 1 aromatic heterocycles. The molecule has 0 atom stereocenters. The van der Waals surface area contributed by atoms with Gasteiger partial charge in [-0.05, 0) is 55.5 Å². The molecule has 0 bridgehead atoms. The Balaban J connectivity index is 1.72. The van der Waals surface area contributed by atoms with E-state index in [1.54, 1.807) is 25.3 Å². The van der Waals surface area contributed by atoms with Crippen LogP contribution in [0.5, 0.6) is 5.75 Å². The van der Waals surface area contributed by atoms with Crippen molar-refractivity contribution in [1.29, 1.82) is 0 Å². The monoisotopic (exact) mass is 467 g/mol. The summed E-state index contributed by atoms with van der Waals surface area (Å²) in [6.45, 7) is 5.48. The molecule has 3 aromatic rings. The fourth-order valence-electron chi connectivity index (χ4n) is 4.81. The van der Waals surface area contributed by atoms with E-state index in [-0.39, 0.29) is 5.91 Å². The first-order chi connectivity index (χ1) is 16.0. The number of rotatable bonds is 8. The maximum atomic E-state index is 13.7. The molecule has 6 heteroatoms. The molecule has 1 aliphatic carbocycles. The zero-order chi connectivity index (χ0) is 23.4. The van der Waals surface area contributed by atoms with Crippen LogP contribution < -0.4 is 4.74 Å². The molecule has 0 aliphatic heterocycles. The molecule has 0 unspecified atom stereocenters. The summed E-state index contributed by atoms with van der Waals surface area (Å²) < 4.78 is 7.89. The highest BCUT2D eigenvalue weighted by Gasteiger charge is 2.26. The van der Waals surface area contributed by atoms with Crippen LogP contribution in [0.2, 0.25) is 5.02 Å². The molecule has 0 radical (unpaired) electrons. The number of carbonyl (C=O) groups is 1. The van der Waals surface area contributed by atoms with Gasteiger partial charge in [-0.2, -0.15) is 0 Å². The molecule has 0 N–H and O–H groups in total. The van der Waals surface area contributed by atoms with Gasteiger partial charge in [0, 0.05) is 17.6 Å². The molecule has 176 valence electrons. The molecular formula is C27H34ClN3O2. The molecule has 5 nitrogen and oxygen atoms in total. The Morgan fingerprint density at radius 2 is 1.94 bits per heavy atom. The van der Waals surface area contributed by atoms with Crippen LogP contribution in [-0.4, -0.2) is 34.0 Å². The number of fused-ring (bicyclic) bond motifs is 1. The van der Waals surface area contributed by atoms with Gasteiger partial charge in [0.1, 0.15) is 11.6 Å². The molecule has 1 aliphatic rings. The van der Waals surface area contributed by atoms with E-state index in [4.69, 9.17) is 21.3 Å². The average Bonchev–Trinajstić information content (AvgIpc) is 3.19. The third-order valence-electron chi connectivity index (χ3n) is 6.60. The Hall–Kier alpha value is -2.53. The first-order valence-electron chi connectivity index (χ1n) is 12.1. The summed E-state index contributed by atoms with van der Waals surface area (Å²) in [4.78, 5) is 20.7. The van der Waals surface area contributed by atoms with E-state index in [9.17, 15) is 4.79 Å². The van der Waals surface area contributed by atoms with Crippen LogP contribution in [0.15, 0.2) is 42.5 Å². The van der Waals surface area contributed by atoms with Gasteiger partial charge in [-0.3, -0.25) is 4.79 Å². The van der Waals surface area contributed by atoms with E-state index >= 15 is 0 Å². The molecule has 2 aromatic carbocycles. The van der Waals surface area contributed by atoms with E-state index in [0.717, 1.165) is 36.1 Å². The summed E-state index contributed by atoms with van der Waals surface area (Å²) in [6, 6.07) is 14.0. The Morgan fingerprint density at radius 3 is 2.67 bits per heavy atom. The minimum absolute atomic E-state index is 0.0720. The van der Waals surface area contributed by atoms with Gasteiger partial charge in [0.05, 0.1) is 30.3 Å². The van der Waals surface area contributed by atoms with Gasteiger partial charge < -0.3 is 14.2 Å². The van der Waals surface area contributed by atoms with Crippen LogP contribution >= 0.6 is 11.6 Å². The number of carbonyl (C=O) groups excluding carboxylic acids is 1. The summed E-state index contributed by atoms with van der Waals surface area (Å²) in [7, 11) is 1.58. The lowest BCUT2D eigenvalue weighted by Gasteiger charge is -2.28. The summed E-state index contributed by atoms with van der Waals surface area (Å²) in [6.07, 6.45) is 7.02. The SMILES string of the molecule is COc1ccc(Cl)cc1C(=O)N(CCC(C)C)Cc1nc2ccccc2n1C1CCCCC1. The lowest BCUT2D eigenvalue weighted by Crippen LogP contribution is -2.34. The van der Waals surface area contributed by atoms with Crippen LogP contribution in [-0.2, 0) is 6.54 Å². The number of ether oxygens (including phenoxy) is 1. The Labute approximate surface area is 201 Å². The van der Waals surface area contributed by atoms with Gasteiger partial charge in [0.2, 0.25) is 0 Å². The zero-order valence-electron chi connectivity index (χ0n) is 19.9. The molecule has 1 amide bonds. The second-order valence-corrected chi connectivity index (χ2v) is 9.87. The molecule has 33 heavy (non-hydrogen) atoms. The molecule has 1 fully saturated rings. The number of benzene rings is 2. The normalized spacial score (nSPS) is 14.7. The molecule has 4 rings (SSSR count). The van der Waals surface area contributed by atoms with Gasteiger partial charge >= 0.3 is 0 Å². The summed E-state index contributed by atoms with van der Waals surface area (Å²) >= 11 is 6.25. The maximum absolute atomic E-state index is 13.7. The van der Waals surface area contributed by atoms with Crippen molar-refractivity contribution < 1.29 is 9.53 Å². The largest absolute Gasteiger partial charge is 0.496 e. The van der Waals surface area contributed by atoms with E-state index in [1.165, 1.54) is 19.3 Å². The molecule has 1 heterocycles. The van der Waals surface area contributed by atoms with Crippen LogP contribution in [0, 0.1) is 5.92 Å². The van der Waals surface area contributed by atoms with Crippen molar-refractivity contribution in [1.82, 2.24) is 14.5 Å². The number of para-hydroxylation sites is 2. The number of halogens is 1. The van der Waals surface area contributed by atoms with E-state index in [0.29, 0.717) is 41.4 Å². The van der Waals surface area contributed by atoms with Crippen LogP contribution in [0.3, 0.4) is 0 Å². The topological polar surface area (TPSA) is 47.4 Å². The van der Waals surface area contributed by atoms with Crippen molar-refractivity contribution in [3.05, 3.63) is 58.9 Å². The van der Waals surface area contributed by atoms with Gasteiger partial charge in [-0.1, -0.05) is 56.8 Å². The number of hydrogen-bond acceptors (Lipinski definition) is 3. The second-order valence-electron chi connectivity index (χ2n) is 9.43. The van der Waals surface area contributed by atoms with Crippen molar-refractivity contribution in [2.24, 2.45) is 5.92 Å². The van der Waals surface area contributed by atoms with Crippen molar-refractivity contribution in [2.75, 3.05) is 13.7 Å². The van der Waals surface area contributed by atoms with E-state index in [2.05, 4.69) is 36.6 Å². The number of hydrogen-bond donors (Lipinski definition) is 0. The van der Waals surface area contributed by atoms with Crippen LogP contribution in [0.4, 0.5) is 0 Å². The first kappa shape index (κ1) is 23.6. The first-order valence-corrected chi connectivity index (χ1v) is 12.4. The lowest BCUT2D eigenvalue weighted by molar-refractivity contribution is 0.0724. The highest BCUT2D eigenvalue weighted by atomic mass is 35.5. The van der Waals surface area contributed by atoms with Crippen molar-refractivity contribution >= 4 is 28.5 Å². The third-order valence-corrected chi connectivity index (χ3v) is 6.83. The minimum atomic E-state index is -0.0720. The zero-order valence-corrected chi connectivity index (χ0v) is 20.6. The third kappa shape index (κ3) is 5.35. The quantitative estimate of drug-likeness (QED) is 0.362. The number of nitrogens with zero attached hydrogens (tertiary/aromatic N) is 3. The van der Waals surface area contributed by atoms with Gasteiger partial charge in [0.15, 0.2) is 0 Å². The van der Waals surface area contributed by atoms with Gasteiger partial charge in [-0.15, -0.1) is 0 Å². The molecular weight excluding hydrogens is 434 g/mol. The standard InChI is InChI=1S/C27H34ClN3O2/c1-19(2)15-16-30(27(32)22-17-20(28)13-14-25(22)33-3)18-26-29-23-11-7-8-12-24(23)31(26)21-9-5-4-6-10-21/h7-8,11-14,17,19,21H,4-6,9-10,15-16,18H2,1-3H3. The van der Waals surface area contributed by atoms with Gasteiger partial charge in [0.25, 0.3) is 5.91 Å². The Morgan fingerprint density at radius 1 is 1.18 bits per heavy atom. The van der Waals surface area contributed by atoms with Crippen molar-refractivity contribution in [2.45, 2.75) is 65.0 Å². The van der Waals surface area contributed by atoms with Gasteiger partial charge in [-0.25, -0.2) is 4.98 Å². The number of imidazole rings is 1. The highest BCUT2D eigenvalue weighted by molar-refractivity contribution is 6.31. The molecule has 1 saturated carbocycles. The van der Waals surface area contributed by atoms with Crippen molar-refractivity contribution in [3.63, 3.8) is 0 Å². The minimum Gasteiger partial charge on any atom is -0.496 e. The fraction of sp³-hybridized carbons (Fsp3) is 0.481. The Kier molecular flexibility index (Phi) is 7.59. The number of amides is 1. The smallest absolute Gasteiger partial charge is 0.258 e. The van der Waals surface area contributed by atoms with Crippen LogP contribution in [0.1, 0.15) is 74.6 Å². The summed E-state index contributed by atoms with van der Waals surface area (Å²) in [5.74, 6) is 1.91. The second kappa shape index (κ2) is 10.6. The summed E-state index contributed by atoms with van der Waals surface area (Å²) in [5.41, 5.74) is 2.65. The van der Waals surface area contributed by atoms with Crippen LogP contribution in [0.25, 0.3) is 11.0 Å². The lowest BCUT2D eigenvalue weighted by atomic mass is 9.95. The molecule has 0 saturated heterocycles. The number of aromatic nitrogens is 2. The highest BCUT2D eigenvalue weighted by Crippen LogP contribution is 2.33. The number of methoxy groups -OCH3 is 1. The van der Waals surface area contributed by atoms with E-state index < -0.39 is 0 Å². The maximum Gasteiger partial charge on any atom is 0.258 e. The Bertz CT molecular complexity index is 1100. The fourth-order valence-corrected chi connectivity index (χ4v) is 4.98. The molecule has 0 spiro atoms. The summed E-state index contributed by atoms with van der Waals surface area (Å²) in [5, 5.41) is 0.525. The van der Waals surface area contributed by atoms with E-state index in [1.807, 2.05) is 11.0 Å².